The molecule has 0 aliphatic rings. The molecule has 1 rings (SSSR count). The Morgan fingerprint density at radius 3 is 2.60 bits per heavy atom. The van der Waals surface area contributed by atoms with E-state index in [4.69, 9.17) is 11.1 Å². The van der Waals surface area contributed by atoms with E-state index < -0.39 is 8.83 Å². The van der Waals surface area contributed by atoms with Gasteiger partial charge in [0.1, 0.15) is 0 Å². The summed E-state index contributed by atoms with van der Waals surface area (Å²) in [5.41, 5.74) is 1.18. The molecular formula is C8H9ClSi. The third-order valence-electron chi connectivity index (χ3n) is 1.42. The molecule has 0 aliphatic heterocycles. The topological polar surface area (TPSA) is 0 Å². The van der Waals surface area contributed by atoms with Gasteiger partial charge >= 0.3 is 0 Å². The van der Waals surface area contributed by atoms with E-state index in [0.29, 0.717) is 0 Å². The monoisotopic (exact) mass is 168 g/mol. The summed E-state index contributed by atoms with van der Waals surface area (Å²) in [6, 6.07) is 8.12. The zero-order valence-corrected chi connectivity index (χ0v) is 7.85. The lowest BCUT2D eigenvalue weighted by molar-refractivity contribution is 1.72. The molecule has 0 saturated heterocycles. The lowest BCUT2D eigenvalue weighted by atomic mass is 10.2. The number of benzene rings is 1. The molecule has 0 unspecified atom stereocenters. The molecule has 0 heterocycles. The highest BCUT2D eigenvalue weighted by Crippen LogP contribution is 1.96. The zero-order chi connectivity index (χ0) is 7.40. The fourth-order valence-electron chi connectivity index (χ4n) is 0.855. The lowest BCUT2D eigenvalue weighted by Crippen LogP contribution is -2.11. The Hall–Kier alpha value is -0.533. The summed E-state index contributed by atoms with van der Waals surface area (Å²) in [6.07, 6.45) is 1.85. The highest BCUT2D eigenvalue weighted by molar-refractivity contribution is 7.01. The van der Waals surface area contributed by atoms with E-state index in [2.05, 4.69) is 12.6 Å². The molecule has 0 radical (unpaired) electrons. The minimum atomic E-state index is -0.548. The van der Waals surface area contributed by atoms with Crippen molar-refractivity contribution < 1.29 is 0 Å². The SMILES string of the molecule is C=Cc1ccccc1[SiH2]Cl. The normalized spacial score (nSPS) is 10.5. The summed E-state index contributed by atoms with van der Waals surface area (Å²) >= 11 is 5.80. The molecule has 0 aliphatic carbocycles. The molecule has 0 fully saturated rings. The van der Waals surface area contributed by atoms with Crippen LogP contribution >= 0.6 is 11.1 Å². The van der Waals surface area contributed by atoms with Gasteiger partial charge < -0.3 is 0 Å². The molecule has 1 aromatic rings. The Balaban J connectivity index is 3.08. The van der Waals surface area contributed by atoms with Crippen LogP contribution in [0.25, 0.3) is 6.08 Å². The summed E-state index contributed by atoms with van der Waals surface area (Å²) in [7, 11) is -0.548. The van der Waals surface area contributed by atoms with E-state index in [0.717, 1.165) is 0 Å². The Morgan fingerprint density at radius 1 is 1.40 bits per heavy atom. The molecule has 0 saturated carbocycles. The summed E-state index contributed by atoms with van der Waals surface area (Å²) in [4.78, 5) is 0. The quantitative estimate of drug-likeness (QED) is 0.461. The van der Waals surface area contributed by atoms with Gasteiger partial charge in [-0.1, -0.05) is 36.9 Å². The molecule has 0 bridgehead atoms. The van der Waals surface area contributed by atoms with Gasteiger partial charge in [0.25, 0.3) is 0 Å². The Labute approximate surface area is 68.1 Å². The van der Waals surface area contributed by atoms with Crippen LogP contribution in [0.4, 0.5) is 0 Å². The van der Waals surface area contributed by atoms with E-state index in [-0.39, 0.29) is 0 Å². The van der Waals surface area contributed by atoms with Crippen molar-refractivity contribution in [1.29, 1.82) is 0 Å². The summed E-state index contributed by atoms with van der Waals surface area (Å²) < 4.78 is 0. The van der Waals surface area contributed by atoms with Crippen LogP contribution in [0.5, 0.6) is 0 Å². The van der Waals surface area contributed by atoms with Gasteiger partial charge in [0.15, 0.2) is 8.83 Å². The molecule has 0 spiro atoms. The van der Waals surface area contributed by atoms with E-state index >= 15 is 0 Å². The van der Waals surface area contributed by atoms with Crippen molar-refractivity contribution in [3.8, 4) is 0 Å². The fourth-order valence-corrected chi connectivity index (χ4v) is 2.23. The van der Waals surface area contributed by atoms with Crippen LogP contribution < -0.4 is 5.19 Å². The number of halogens is 1. The first-order chi connectivity index (χ1) is 4.88. The third-order valence-corrected chi connectivity index (χ3v) is 3.21. The highest BCUT2D eigenvalue weighted by Gasteiger charge is 1.93. The van der Waals surface area contributed by atoms with Gasteiger partial charge in [0.05, 0.1) is 0 Å². The first-order valence-electron chi connectivity index (χ1n) is 3.15. The fraction of sp³-hybridized carbons (Fsp3) is 0. The second-order valence-corrected chi connectivity index (χ2v) is 3.87. The van der Waals surface area contributed by atoms with Crippen LogP contribution in [0.15, 0.2) is 30.8 Å². The van der Waals surface area contributed by atoms with Crippen LogP contribution in [0.1, 0.15) is 5.56 Å². The van der Waals surface area contributed by atoms with Crippen molar-refractivity contribution in [1.82, 2.24) is 0 Å². The van der Waals surface area contributed by atoms with Gasteiger partial charge in [0.2, 0.25) is 0 Å². The van der Waals surface area contributed by atoms with Gasteiger partial charge in [-0.05, 0) is 10.8 Å². The number of hydrogen-bond acceptors (Lipinski definition) is 0. The largest absolute Gasteiger partial charge is 0.170 e. The predicted molar refractivity (Wildman–Crippen MR) is 50.6 cm³/mol. The Bertz CT molecular complexity index is 232. The first kappa shape index (κ1) is 7.57. The third kappa shape index (κ3) is 1.49. The Kier molecular flexibility index (Phi) is 2.72. The van der Waals surface area contributed by atoms with Gasteiger partial charge in [-0.2, -0.15) is 11.1 Å². The van der Waals surface area contributed by atoms with Crippen LogP contribution in [-0.4, -0.2) is 8.83 Å². The Morgan fingerprint density at radius 2 is 2.10 bits per heavy atom. The molecule has 0 nitrogen and oxygen atoms in total. The standard InChI is InChI=1S/C8H9ClSi/c1-2-7-5-3-4-6-8(7)10-9/h2-6H,1,10H2. The van der Waals surface area contributed by atoms with Crippen molar-refractivity contribution in [3.63, 3.8) is 0 Å². The van der Waals surface area contributed by atoms with E-state index in [1.807, 2.05) is 24.3 Å². The molecule has 0 aromatic heterocycles. The maximum Gasteiger partial charge on any atom is 0.156 e. The molecule has 2 heteroatoms. The minimum Gasteiger partial charge on any atom is -0.170 e. The van der Waals surface area contributed by atoms with Crippen molar-refractivity contribution in [2.24, 2.45) is 0 Å². The van der Waals surface area contributed by atoms with Crippen LogP contribution in [0.3, 0.4) is 0 Å². The van der Waals surface area contributed by atoms with Crippen molar-refractivity contribution >= 4 is 31.2 Å². The zero-order valence-electron chi connectivity index (χ0n) is 5.68. The maximum atomic E-state index is 5.80. The molecule has 0 N–H and O–H groups in total. The second kappa shape index (κ2) is 3.59. The average Bonchev–Trinajstić information content (AvgIpc) is 2.04. The van der Waals surface area contributed by atoms with E-state index in [1.165, 1.54) is 10.8 Å². The summed E-state index contributed by atoms with van der Waals surface area (Å²) in [5, 5.41) is 1.28. The van der Waals surface area contributed by atoms with Crippen LogP contribution in [0.2, 0.25) is 0 Å². The molecule has 52 valence electrons. The molecular weight excluding hydrogens is 160 g/mol. The second-order valence-electron chi connectivity index (χ2n) is 2.04. The van der Waals surface area contributed by atoms with E-state index in [1.54, 1.807) is 0 Å². The van der Waals surface area contributed by atoms with Gasteiger partial charge in [-0.3, -0.25) is 0 Å². The highest BCUT2D eigenvalue weighted by atomic mass is 35.6. The lowest BCUT2D eigenvalue weighted by Gasteiger charge is -1.98. The smallest absolute Gasteiger partial charge is 0.156 e. The minimum absolute atomic E-state index is 0.548. The van der Waals surface area contributed by atoms with Crippen molar-refractivity contribution in [2.75, 3.05) is 0 Å². The van der Waals surface area contributed by atoms with Gasteiger partial charge in [0, 0.05) is 0 Å². The van der Waals surface area contributed by atoms with E-state index in [9.17, 15) is 0 Å². The molecule has 1 aromatic carbocycles. The first-order valence-corrected chi connectivity index (χ1v) is 5.99. The summed E-state index contributed by atoms with van der Waals surface area (Å²) in [5.74, 6) is 0. The summed E-state index contributed by atoms with van der Waals surface area (Å²) in [6.45, 7) is 3.70. The average molecular weight is 169 g/mol. The number of rotatable bonds is 2. The maximum absolute atomic E-state index is 5.80. The van der Waals surface area contributed by atoms with Gasteiger partial charge in [-0.25, -0.2) is 0 Å². The van der Waals surface area contributed by atoms with Crippen LogP contribution in [0, 0.1) is 0 Å². The van der Waals surface area contributed by atoms with Crippen molar-refractivity contribution in [2.45, 2.75) is 0 Å². The number of hydrogen-bond donors (Lipinski definition) is 0. The van der Waals surface area contributed by atoms with Gasteiger partial charge in [-0.15, -0.1) is 0 Å². The van der Waals surface area contributed by atoms with Crippen molar-refractivity contribution in [3.05, 3.63) is 36.4 Å². The molecule has 0 amide bonds. The van der Waals surface area contributed by atoms with Crippen LogP contribution in [-0.2, 0) is 0 Å². The molecule has 0 atom stereocenters. The molecule has 10 heavy (non-hydrogen) atoms. The predicted octanol–water partition coefficient (Wildman–Crippen LogP) is 1.28.